The summed E-state index contributed by atoms with van der Waals surface area (Å²) < 4.78 is 21.4. The highest BCUT2D eigenvalue weighted by atomic mass is 16.5. The van der Waals surface area contributed by atoms with Crippen LogP contribution in [0.1, 0.15) is 28.7 Å². The van der Waals surface area contributed by atoms with Crippen molar-refractivity contribution >= 4 is 99.3 Å². The van der Waals surface area contributed by atoms with E-state index in [1.54, 1.807) is 0 Å². The fraction of sp³-hybridized carbons (Fsp3) is 0.0857. The molecule has 15 rings (SSSR count). The maximum Gasteiger partial charge on any atom is 0.159 e. The van der Waals surface area contributed by atoms with E-state index in [2.05, 4.69) is 260 Å². The number of rotatable bonds is 8. The SMILES string of the molecule is Cc1cccc2c1OC1C2=CC=CC1N(c1cc2c3cc(N(c4ccc(-c5ccccc5)cc4)c4cccc5c4oc4c(C)cccc45)c4ccccc4c3oc2c2ccccc12)C1C=CC(c2ccccc2)=CC1. The van der Waals surface area contributed by atoms with Crippen LogP contribution < -0.4 is 14.5 Å². The molecule has 358 valence electrons. The lowest BCUT2D eigenvalue weighted by Crippen LogP contribution is -2.50. The number of anilines is 4. The quantitative estimate of drug-likeness (QED) is 0.152. The molecule has 1 aliphatic heterocycles. The van der Waals surface area contributed by atoms with Gasteiger partial charge in [0, 0.05) is 65.6 Å². The molecule has 5 nitrogen and oxygen atoms in total. The Morgan fingerprint density at radius 2 is 1.03 bits per heavy atom. The van der Waals surface area contributed by atoms with Crippen molar-refractivity contribution in [1.82, 2.24) is 0 Å². The number of aryl methyl sites for hydroxylation is 2. The first-order chi connectivity index (χ1) is 37.0. The highest BCUT2D eigenvalue weighted by molar-refractivity contribution is 6.25. The summed E-state index contributed by atoms with van der Waals surface area (Å²) in [6, 6.07) is 71.8. The molecule has 3 aliphatic rings. The molecule has 0 saturated heterocycles. The minimum absolute atomic E-state index is 0.0116. The maximum atomic E-state index is 7.30. The van der Waals surface area contributed by atoms with Crippen molar-refractivity contribution in [3.63, 3.8) is 0 Å². The molecule has 0 bridgehead atoms. The van der Waals surface area contributed by atoms with Crippen LogP contribution in [-0.4, -0.2) is 18.2 Å². The van der Waals surface area contributed by atoms with Crippen LogP contribution in [0.25, 0.3) is 87.7 Å². The molecule has 75 heavy (non-hydrogen) atoms. The minimum Gasteiger partial charge on any atom is -0.482 e. The third kappa shape index (κ3) is 6.84. The minimum atomic E-state index is -0.211. The first kappa shape index (κ1) is 43.3. The Labute approximate surface area is 434 Å². The lowest BCUT2D eigenvalue weighted by Gasteiger charge is -2.42. The fourth-order valence-electron chi connectivity index (χ4n) is 12.4. The first-order valence-corrected chi connectivity index (χ1v) is 26.1. The summed E-state index contributed by atoms with van der Waals surface area (Å²) >= 11 is 0. The van der Waals surface area contributed by atoms with Crippen LogP contribution in [0.4, 0.5) is 22.7 Å². The lowest BCUT2D eigenvalue weighted by molar-refractivity contribution is 0.248. The molecule has 2 aromatic heterocycles. The molecular formula is C70H50N2O3. The first-order valence-electron chi connectivity index (χ1n) is 26.1. The van der Waals surface area contributed by atoms with Gasteiger partial charge in [-0.15, -0.1) is 0 Å². The average molecular weight is 967 g/mol. The molecule has 0 N–H and O–H groups in total. The molecule has 0 fully saturated rings. The van der Waals surface area contributed by atoms with Gasteiger partial charge < -0.3 is 23.4 Å². The van der Waals surface area contributed by atoms with Gasteiger partial charge >= 0.3 is 0 Å². The van der Waals surface area contributed by atoms with Crippen molar-refractivity contribution in [3.05, 3.63) is 259 Å². The van der Waals surface area contributed by atoms with Gasteiger partial charge in [0.1, 0.15) is 28.6 Å². The van der Waals surface area contributed by atoms with Crippen molar-refractivity contribution in [2.24, 2.45) is 0 Å². The van der Waals surface area contributed by atoms with Crippen LogP contribution in [-0.2, 0) is 0 Å². The van der Waals surface area contributed by atoms with E-state index in [-0.39, 0.29) is 18.2 Å². The third-order valence-electron chi connectivity index (χ3n) is 16.0. The van der Waals surface area contributed by atoms with Gasteiger partial charge in [0.2, 0.25) is 0 Å². The second kappa shape index (κ2) is 17.1. The van der Waals surface area contributed by atoms with E-state index in [1.807, 2.05) is 0 Å². The van der Waals surface area contributed by atoms with Gasteiger partial charge in [0.25, 0.3) is 0 Å². The van der Waals surface area contributed by atoms with Crippen molar-refractivity contribution in [2.75, 3.05) is 9.80 Å². The van der Waals surface area contributed by atoms with Crippen molar-refractivity contribution < 1.29 is 13.6 Å². The van der Waals surface area contributed by atoms with Crippen LogP contribution in [0.15, 0.2) is 245 Å². The zero-order valence-electron chi connectivity index (χ0n) is 41.6. The molecule has 5 heteroatoms. The summed E-state index contributed by atoms with van der Waals surface area (Å²) in [5.41, 5.74) is 17.0. The largest absolute Gasteiger partial charge is 0.482 e. The summed E-state index contributed by atoms with van der Waals surface area (Å²) in [6.45, 7) is 4.28. The number of nitrogens with zero attached hydrogens (tertiary/aromatic N) is 2. The second-order valence-corrected chi connectivity index (χ2v) is 20.3. The lowest BCUT2D eigenvalue weighted by atomic mass is 9.88. The van der Waals surface area contributed by atoms with Crippen LogP contribution >= 0.6 is 0 Å². The summed E-state index contributed by atoms with van der Waals surface area (Å²) in [5, 5.41) is 8.57. The van der Waals surface area contributed by atoms with Gasteiger partial charge in [-0.2, -0.15) is 0 Å². The zero-order chi connectivity index (χ0) is 49.7. The molecule has 12 aromatic rings. The van der Waals surface area contributed by atoms with Crippen molar-refractivity contribution in [3.8, 4) is 16.9 Å². The van der Waals surface area contributed by atoms with E-state index in [1.165, 1.54) is 27.8 Å². The number of fused-ring (bicyclic) bond motifs is 13. The molecule has 10 aromatic carbocycles. The predicted molar refractivity (Wildman–Crippen MR) is 312 cm³/mol. The van der Waals surface area contributed by atoms with Crippen LogP contribution in [0.3, 0.4) is 0 Å². The van der Waals surface area contributed by atoms with Crippen molar-refractivity contribution in [1.29, 1.82) is 0 Å². The van der Waals surface area contributed by atoms with Crippen molar-refractivity contribution in [2.45, 2.75) is 38.5 Å². The highest BCUT2D eigenvalue weighted by Gasteiger charge is 2.41. The Kier molecular flexibility index (Phi) is 9.89. The fourth-order valence-corrected chi connectivity index (χ4v) is 12.4. The zero-order valence-corrected chi connectivity index (χ0v) is 41.6. The number of furan rings is 2. The number of benzene rings is 10. The standard InChI is InChI=1S/C70H50N2O3/c1-43-17-13-27-55-57-29-15-31-61(69(57)73-65(43)55)71(49-37-33-47(34-38-49)45-19-5-3-6-20-45)63-41-59-60-42-64(52-24-10-12-26-54(52)68(60)75-67(59)53-25-11-9-23-51(53)63)72(50-39-35-48(36-40-50)46-21-7-4-8-22-46)62-32-16-30-58-56-28-14-18-44(2)66(56)74-70(58)62/h3-39,41-42,50,62,70H,40H2,1-2H3. The van der Waals surface area contributed by atoms with E-state index in [9.17, 15) is 0 Å². The number of ether oxygens (including phenoxy) is 1. The Hall–Kier alpha value is -9.32. The second-order valence-electron chi connectivity index (χ2n) is 20.3. The molecule has 3 atom stereocenters. The monoisotopic (exact) mass is 966 g/mol. The highest BCUT2D eigenvalue weighted by Crippen LogP contribution is 2.51. The van der Waals surface area contributed by atoms with Crippen LogP contribution in [0.5, 0.6) is 5.75 Å². The molecular weight excluding hydrogens is 917 g/mol. The predicted octanol–water partition coefficient (Wildman–Crippen LogP) is 18.5. The molecule has 0 spiro atoms. The van der Waals surface area contributed by atoms with Gasteiger partial charge in [0.05, 0.1) is 23.5 Å². The number of hydrogen-bond donors (Lipinski definition) is 0. The van der Waals surface area contributed by atoms with E-state index in [4.69, 9.17) is 13.6 Å². The van der Waals surface area contributed by atoms with Gasteiger partial charge in [-0.05, 0) is 84.0 Å². The average Bonchev–Trinajstić information content (AvgIpc) is 4.18. The topological polar surface area (TPSA) is 42.0 Å². The van der Waals surface area contributed by atoms with Crippen LogP contribution in [0, 0.1) is 13.8 Å². The maximum absolute atomic E-state index is 7.30. The summed E-state index contributed by atoms with van der Waals surface area (Å²) in [6.07, 6.45) is 14.6. The van der Waals surface area contributed by atoms with E-state index in [0.29, 0.717) is 0 Å². The molecule has 0 radical (unpaired) electrons. The van der Waals surface area contributed by atoms with E-state index < -0.39 is 0 Å². The Morgan fingerprint density at radius 3 is 1.75 bits per heavy atom. The molecule has 0 saturated carbocycles. The number of allylic oxidation sites excluding steroid dienone is 4. The molecule has 2 aliphatic carbocycles. The smallest absolute Gasteiger partial charge is 0.159 e. The summed E-state index contributed by atoms with van der Waals surface area (Å²) in [4.78, 5) is 5.03. The van der Waals surface area contributed by atoms with Gasteiger partial charge in [-0.25, -0.2) is 0 Å². The van der Waals surface area contributed by atoms with Gasteiger partial charge in [0.15, 0.2) is 5.58 Å². The Bertz CT molecular complexity index is 4400. The third-order valence-corrected chi connectivity index (χ3v) is 16.0. The molecule has 0 amide bonds. The van der Waals surface area contributed by atoms with E-state index in [0.717, 1.165) is 117 Å². The summed E-state index contributed by atoms with van der Waals surface area (Å²) in [5.74, 6) is 0.973. The number of hydrogen-bond acceptors (Lipinski definition) is 5. The summed E-state index contributed by atoms with van der Waals surface area (Å²) in [7, 11) is 0. The number of para-hydroxylation sites is 3. The van der Waals surface area contributed by atoms with Gasteiger partial charge in [-0.3, -0.25) is 0 Å². The van der Waals surface area contributed by atoms with E-state index >= 15 is 0 Å². The molecule has 3 unspecified atom stereocenters. The van der Waals surface area contributed by atoms with Crippen LogP contribution in [0.2, 0.25) is 0 Å². The molecule has 3 heterocycles. The Morgan fingerprint density at radius 1 is 0.453 bits per heavy atom. The normalized spacial score (nSPS) is 16.9. The van der Waals surface area contributed by atoms with Gasteiger partial charge in [-0.1, -0.05) is 206 Å². The Balaban J connectivity index is 0.973.